The van der Waals surface area contributed by atoms with Crippen molar-refractivity contribution in [3.8, 4) is 0 Å². The predicted molar refractivity (Wildman–Crippen MR) is 93.6 cm³/mol. The Morgan fingerprint density at radius 3 is 2.86 bits per heavy atom. The van der Waals surface area contributed by atoms with Gasteiger partial charge in [-0.3, -0.25) is 9.78 Å². The zero-order valence-electron chi connectivity index (χ0n) is 11.9. The second-order valence-electron chi connectivity index (χ2n) is 4.95. The molecule has 1 amide bonds. The number of hydrogen-bond donors (Lipinski definition) is 3. The maximum absolute atomic E-state index is 11.5. The highest BCUT2D eigenvalue weighted by molar-refractivity contribution is 14.0. The molecule has 2 rings (SSSR count). The molecule has 21 heavy (non-hydrogen) atoms. The van der Waals surface area contributed by atoms with E-state index >= 15 is 0 Å². The standard InChI is InChI=1S/C14H21N5O.HI/c15-14(17-8-6-12-3-1-2-7-16-12)19-10-13(20)18-9-11-4-5-11;/h1-3,7,11H,4-6,8-10H2,(H,18,20)(H3,15,17,19);1H. The molecule has 0 unspecified atom stereocenters. The number of nitrogens with zero attached hydrogens (tertiary/aromatic N) is 2. The van der Waals surface area contributed by atoms with Crippen molar-refractivity contribution in [1.29, 1.82) is 0 Å². The molecular weight excluding hydrogens is 381 g/mol. The van der Waals surface area contributed by atoms with Crippen LogP contribution in [0.2, 0.25) is 0 Å². The Labute approximate surface area is 142 Å². The van der Waals surface area contributed by atoms with Crippen LogP contribution in [0.1, 0.15) is 18.5 Å². The third kappa shape index (κ3) is 7.84. The van der Waals surface area contributed by atoms with Gasteiger partial charge in [-0.25, -0.2) is 4.99 Å². The minimum Gasteiger partial charge on any atom is -0.370 e. The van der Waals surface area contributed by atoms with Crippen LogP contribution < -0.4 is 16.4 Å². The Kier molecular flexibility index (Phi) is 8.03. The number of carbonyl (C=O) groups is 1. The Morgan fingerprint density at radius 2 is 2.19 bits per heavy atom. The Hall–Kier alpha value is -1.38. The van der Waals surface area contributed by atoms with Crippen LogP contribution in [0.15, 0.2) is 29.4 Å². The average molecular weight is 403 g/mol. The summed E-state index contributed by atoms with van der Waals surface area (Å²) in [4.78, 5) is 19.7. The molecule has 0 radical (unpaired) electrons. The van der Waals surface area contributed by atoms with Crippen LogP contribution in [0.25, 0.3) is 0 Å². The van der Waals surface area contributed by atoms with Crippen molar-refractivity contribution < 1.29 is 4.79 Å². The summed E-state index contributed by atoms with van der Waals surface area (Å²) in [6.45, 7) is 1.49. The first-order valence-corrected chi connectivity index (χ1v) is 6.94. The lowest BCUT2D eigenvalue weighted by Crippen LogP contribution is -2.35. The largest absolute Gasteiger partial charge is 0.370 e. The smallest absolute Gasteiger partial charge is 0.241 e. The predicted octanol–water partition coefficient (Wildman–Crippen LogP) is 0.673. The molecule has 4 N–H and O–H groups in total. The minimum absolute atomic E-state index is 0. The normalized spacial score (nSPS) is 14.2. The van der Waals surface area contributed by atoms with E-state index in [1.807, 2.05) is 18.2 Å². The zero-order chi connectivity index (χ0) is 14.2. The molecule has 1 heterocycles. The Bertz CT molecular complexity index is 462. The first-order valence-electron chi connectivity index (χ1n) is 6.94. The molecule has 1 saturated carbocycles. The van der Waals surface area contributed by atoms with Gasteiger partial charge in [0.05, 0.1) is 0 Å². The minimum atomic E-state index is -0.0774. The quantitative estimate of drug-likeness (QED) is 0.355. The van der Waals surface area contributed by atoms with E-state index in [1.54, 1.807) is 6.20 Å². The van der Waals surface area contributed by atoms with E-state index in [-0.39, 0.29) is 36.4 Å². The van der Waals surface area contributed by atoms with Crippen LogP contribution in [0.4, 0.5) is 0 Å². The van der Waals surface area contributed by atoms with Crippen molar-refractivity contribution in [2.75, 3.05) is 19.6 Å². The monoisotopic (exact) mass is 403 g/mol. The molecule has 1 aliphatic rings. The first kappa shape index (κ1) is 17.7. The molecule has 1 aromatic rings. The Morgan fingerprint density at radius 1 is 1.38 bits per heavy atom. The first-order chi connectivity index (χ1) is 9.74. The topological polar surface area (TPSA) is 92.4 Å². The van der Waals surface area contributed by atoms with E-state index in [9.17, 15) is 4.79 Å². The highest BCUT2D eigenvalue weighted by Crippen LogP contribution is 2.27. The van der Waals surface area contributed by atoms with Gasteiger partial charge >= 0.3 is 0 Å². The molecule has 0 aromatic carbocycles. The summed E-state index contributed by atoms with van der Waals surface area (Å²) in [6.07, 6.45) is 4.98. The van der Waals surface area contributed by atoms with Crippen molar-refractivity contribution >= 4 is 35.8 Å². The van der Waals surface area contributed by atoms with Crippen LogP contribution in [0.3, 0.4) is 0 Å². The van der Waals surface area contributed by atoms with Gasteiger partial charge in [-0.2, -0.15) is 0 Å². The van der Waals surface area contributed by atoms with Crippen LogP contribution in [-0.2, 0) is 11.2 Å². The summed E-state index contributed by atoms with van der Waals surface area (Å²) in [5, 5.41) is 5.81. The second kappa shape index (κ2) is 9.54. The second-order valence-corrected chi connectivity index (χ2v) is 4.95. The fourth-order valence-electron chi connectivity index (χ4n) is 1.71. The average Bonchev–Trinajstić information content (AvgIpc) is 3.28. The number of aliphatic imine (C=N–C) groups is 1. The van der Waals surface area contributed by atoms with Gasteiger partial charge in [-0.1, -0.05) is 6.07 Å². The van der Waals surface area contributed by atoms with Gasteiger partial charge in [-0.05, 0) is 30.9 Å². The third-order valence-corrected chi connectivity index (χ3v) is 3.09. The van der Waals surface area contributed by atoms with Gasteiger partial charge in [0.2, 0.25) is 5.91 Å². The number of rotatable bonds is 7. The lowest BCUT2D eigenvalue weighted by molar-refractivity contribution is -0.119. The number of guanidine groups is 1. The van der Waals surface area contributed by atoms with E-state index < -0.39 is 0 Å². The fraction of sp³-hybridized carbons (Fsp3) is 0.500. The molecule has 7 heteroatoms. The third-order valence-electron chi connectivity index (χ3n) is 3.09. The number of aromatic nitrogens is 1. The molecule has 0 saturated heterocycles. The van der Waals surface area contributed by atoms with Gasteiger partial charge in [0.15, 0.2) is 5.96 Å². The van der Waals surface area contributed by atoms with Crippen molar-refractivity contribution in [2.45, 2.75) is 19.3 Å². The van der Waals surface area contributed by atoms with Crippen LogP contribution in [0, 0.1) is 5.92 Å². The zero-order valence-corrected chi connectivity index (χ0v) is 14.2. The van der Waals surface area contributed by atoms with Crippen molar-refractivity contribution in [3.05, 3.63) is 30.1 Å². The number of hydrogen-bond acceptors (Lipinski definition) is 3. The molecule has 1 fully saturated rings. The highest BCUT2D eigenvalue weighted by atomic mass is 127. The fourth-order valence-corrected chi connectivity index (χ4v) is 1.71. The van der Waals surface area contributed by atoms with Crippen molar-refractivity contribution in [3.63, 3.8) is 0 Å². The number of nitrogens with one attached hydrogen (secondary N) is 2. The number of pyridine rings is 1. The van der Waals surface area contributed by atoms with Gasteiger partial charge in [0.25, 0.3) is 0 Å². The maximum Gasteiger partial charge on any atom is 0.241 e. The number of nitrogens with two attached hydrogens (primary N) is 1. The summed E-state index contributed by atoms with van der Waals surface area (Å²) in [5.74, 6) is 0.894. The Balaban J connectivity index is 0.00000220. The molecule has 0 bridgehead atoms. The SMILES string of the molecule is I.NC(=NCC(=O)NCC1CC1)NCCc1ccccn1. The van der Waals surface area contributed by atoms with E-state index in [4.69, 9.17) is 5.73 Å². The van der Waals surface area contributed by atoms with Gasteiger partial charge in [0.1, 0.15) is 6.54 Å². The molecule has 6 nitrogen and oxygen atoms in total. The number of carbonyl (C=O) groups excluding carboxylic acids is 1. The van der Waals surface area contributed by atoms with Gasteiger partial charge in [-0.15, -0.1) is 24.0 Å². The molecule has 0 atom stereocenters. The van der Waals surface area contributed by atoms with Crippen molar-refractivity contribution in [1.82, 2.24) is 15.6 Å². The molecule has 1 aliphatic carbocycles. The van der Waals surface area contributed by atoms with Crippen LogP contribution >= 0.6 is 24.0 Å². The summed E-state index contributed by atoms with van der Waals surface area (Å²) < 4.78 is 0. The van der Waals surface area contributed by atoms with Crippen LogP contribution in [0.5, 0.6) is 0 Å². The van der Waals surface area contributed by atoms with E-state index in [1.165, 1.54) is 12.8 Å². The molecule has 1 aromatic heterocycles. The van der Waals surface area contributed by atoms with Crippen molar-refractivity contribution in [2.24, 2.45) is 16.6 Å². The van der Waals surface area contributed by atoms with Crippen LogP contribution in [-0.4, -0.2) is 36.5 Å². The summed E-state index contributed by atoms with van der Waals surface area (Å²) >= 11 is 0. The summed E-state index contributed by atoms with van der Waals surface area (Å²) in [6, 6.07) is 5.79. The van der Waals surface area contributed by atoms with E-state index in [0.29, 0.717) is 18.4 Å². The van der Waals surface area contributed by atoms with E-state index in [2.05, 4.69) is 20.6 Å². The summed E-state index contributed by atoms with van der Waals surface area (Å²) in [5.41, 5.74) is 6.69. The molecule has 116 valence electrons. The van der Waals surface area contributed by atoms with Gasteiger partial charge in [0, 0.05) is 31.4 Å². The lowest BCUT2D eigenvalue weighted by Gasteiger charge is -2.05. The lowest BCUT2D eigenvalue weighted by atomic mass is 10.3. The van der Waals surface area contributed by atoms with E-state index in [0.717, 1.165) is 18.7 Å². The van der Waals surface area contributed by atoms with Gasteiger partial charge < -0.3 is 16.4 Å². The highest BCUT2D eigenvalue weighted by Gasteiger charge is 2.21. The summed E-state index contributed by atoms with van der Waals surface area (Å²) in [7, 11) is 0. The molecule has 0 spiro atoms. The number of halogens is 1. The molecule has 0 aliphatic heterocycles. The maximum atomic E-state index is 11.5. The number of amides is 1. The molecular formula is C14H22IN5O.